The van der Waals surface area contributed by atoms with Crippen LogP contribution in [0.5, 0.6) is 5.75 Å². The molecule has 30 heavy (non-hydrogen) atoms. The number of amides is 1. The van der Waals surface area contributed by atoms with Gasteiger partial charge in [-0.2, -0.15) is 0 Å². The van der Waals surface area contributed by atoms with Crippen molar-refractivity contribution in [1.29, 1.82) is 0 Å². The van der Waals surface area contributed by atoms with E-state index in [1.165, 1.54) is 0 Å². The van der Waals surface area contributed by atoms with Crippen molar-refractivity contribution in [2.75, 3.05) is 25.5 Å². The average molecular weight is 415 g/mol. The van der Waals surface area contributed by atoms with Crippen LogP contribution in [0.15, 0.2) is 12.1 Å². The number of aromatic nitrogens is 4. The summed E-state index contributed by atoms with van der Waals surface area (Å²) in [7, 11) is 1.66. The van der Waals surface area contributed by atoms with Gasteiger partial charge in [-0.05, 0) is 59.1 Å². The van der Waals surface area contributed by atoms with Crippen LogP contribution in [0.4, 0.5) is 10.6 Å². The topological polar surface area (TPSA) is 103 Å². The second-order valence-electron chi connectivity index (χ2n) is 8.24. The predicted octanol–water partition coefficient (Wildman–Crippen LogP) is 3.62. The van der Waals surface area contributed by atoms with Crippen LogP contribution in [-0.2, 0) is 4.74 Å². The minimum atomic E-state index is -0.489. The van der Waals surface area contributed by atoms with E-state index in [1.807, 2.05) is 51.2 Å². The van der Waals surface area contributed by atoms with E-state index >= 15 is 0 Å². The molecular weight excluding hydrogens is 384 g/mol. The Kier molecular flexibility index (Phi) is 6.28. The maximum Gasteiger partial charge on any atom is 0.407 e. The summed E-state index contributed by atoms with van der Waals surface area (Å²) in [5, 5.41) is 14.6. The summed E-state index contributed by atoms with van der Waals surface area (Å²) in [5.74, 6) is 2.28. The molecule has 1 aromatic carbocycles. The number of nitrogens with zero attached hydrogens (tertiary/aromatic N) is 4. The van der Waals surface area contributed by atoms with E-state index < -0.39 is 11.7 Å². The van der Waals surface area contributed by atoms with Crippen molar-refractivity contribution in [1.82, 2.24) is 24.9 Å². The van der Waals surface area contributed by atoms with E-state index in [-0.39, 0.29) is 0 Å². The van der Waals surface area contributed by atoms with Gasteiger partial charge in [-0.15, -0.1) is 10.2 Å². The SMILES string of the molecule is COc1cc2c(cc1C)nc(NCCCCNC(=O)OC(C)(C)C)c1nnc(C)n12. The summed E-state index contributed by atoms with van der Waals surface area (Å²) in [6, 6.07) is 3.97. The van der Waals surface area contributed by atoms with Crippen LogP contribution >= 0.6 is 0 Å². The molecule has 0 saturated carbocycles. The minimum Gasteiger partial charge on any atom is -0.496 e. The molecular formula is C21H30N6O3. The van der Waals surface area contributed by atoms with E-state index in [0.29, 0.717) is 24.6 Å². The van der Waals surface area contributed by atoms with Gasteiger partial charge in [0.1, 0.15) is 17.2 Å². The molecule has 0 aliphatic rings. The minimum absolute atomic E-state index is 0.391. The predicted molar refractivity (Wildman–Crippen MR) is 116 cm³/mol. The van der Waals surface area contributed by atoms with E-state index in [9.17, 15) is 4.79 Å². The van der Waals surface area contributed by atoms with Crippen molar-refractivity contribution >= 4 is 28.6 Å². The Balaban J connectivity index is 1.66. The Morgan fingerprint density at radius 3 is 2.57 bits per heavy atom. The molecule has 0 radical (unpaired) electrons. The van der Waals surface area contributed by atoms with Crippen molar-refractivity contribution in [3.63, 3.8) is 0 Å². The lowest BCUT2D eigenvalue weighted by atomic mass is 10.2. The molecule has 0 aliphatic carbocycles. The molecule has 0 aliphatic heterocycles. The fourth-order valence-corrected chi connectivity index (χ4v) is 3.21. The molecule has 2 heterocycles. The third-order valence-electron chi connectivity index (χ3n) is 4.57. The molecule has 0 fully saturated rings. The number of carbonyl (C=O) groups is 1. The Hall–Kier alpha value is -3.10. The number of nitrogens with one attached hydrogen (secondary N) is 2. The van der Waals surface area contributed by atoms with Crippen LogP contribution < -0.4 is 15.4 Å². The number of hydrogen-bond acceptors (Lipinski definition) is 7. The first-order valence-corrected chi connectivity index (χ1v) is 10.1. The van der Waals surface area contributed by atoms with Crippen LogP contribution in [-0.4, -0.2) is 51.5 Å². The number of aryl methyl sites for hydroxylation is 2. The van der Waals surface area contributed by atoms with Crippen LogP contribution in [0.2, 0.25) is 0 Å². The lowest BCUT2D eigenvalue weighted by molar-refractivity contribution is 0.0527. The van der Waals surface area contributed by atoms with Gasteiger partial charge in [-0.25, -0.2) is 9.78 Å². The van der Waals surface area contributed by atoms with E-state index in [4.69, 9.17) is 14.5 Å². The first-order chi connectivity index (χ1) is 14.2. The fourth-order valence-electron chi connectivity index (χ4n) is 3.21. The van der Waals surface area contributed by atoms with Crippen molar-refractivity contribution in [3.05, 3.63) is 23.5 Å². The summed E-state index contributed by atoms with van der Waals surface area (Å²) < 4.78 is 12.7. The van der Waals surface area contributed by atoms with Crippen molar-refractivity contribution in [2.45, 2.75) is 53.1 Å². The summed E-state index contributed by atoms with van der Waals surface area (Å²) >= 11 is 0. The Morgan fingerprint density at radius 2 is 1.87 bits per heavy atom. The number of alkyl carbamates (subject to hydrolysis) is 1. The number of hydrogen-bond donors (Lipinski definition) is 2. The largest absolute Gasteiger partial charge is 0.496 e. The van der Waals surface area contributed by atoms with Gasteiger partial charge < -0.3 is 20.1 Å². The highest BCUT2D eigenvalue weighted by molar-refractivity contribution is 5.85. The Morgan fingerprint density at radius 1 is 1.13 bits per heavy atom. The number of methoxy groups -OCH3 is 1. The zero-order valence-corrected chi connectivity index (χ0v) is 18.5. The zero-order chi connectivity index (χ0) is 21.9. The Labute approximate surface area is 176 Å². The smallest absolute Gasteiger partial charge is 0.407 e. The fraction of sp³-hybridized carbons (Fsp3) is 0.524. The summed E-state index contributed by atoms with van der Waals surface area (Å²) in [6.45, 7) is 10.7. The van der Waals surface area contributed by atoms with Gasteiger partial charge in [-0.3, -0.25) is 4.40 Å². The second-order valence-corrected chi connectivity index (χ2v) is 8.24. The number of ether oxygens (including phenoxy) is 2. The van der Waals surface area contributed by atoms with E-state index in [1.54, 1.807) is 7.11 Å². The first-order valence-electron chi connectivity index (χ1n) is 10.1. The molecule has 3 aromatic rings. The van der Waals surface area contributed by atoms with E-state index in [2.05, 4.69) is 20.8 Å². The third kappa shape index (κ3) is 4.90. The van der Waals surface area contributed by atoms with Crippen molar-refractivity contribution < 1.29 is 14.3 Å². The molecule has 1 amide bonds. The molecule has 2 N–H and O–H groups in total. The van der Waals surface area contributed by atoms with Gasteiger partial charge in [-0.1, -0.05) is 0 Å². The summed E-state index contributed by atoms with van der Waals surface area (Å²) in [4.78, 5) is 16.4. The van der Waals surface area contributed by atoms with Gasteiger partial charge in [0.25, 0.3) is 0 Å². The number of rotatable bonds is 7. The highest BCUT2D eigenvalue weighted by Crippen LogP contribution is 2.28. The molecule has 0 bridgehead atoms. The molecule has 0 atom stereocenters. The first kappa shape index (κ1) is 21.6. The molecule has 2 aromatic heterocycles. The van der Waals surface area contributed by atoms with Gasteiger partial charge in [0.15, 0.2) is 5.82 Å². The lowest BCUT2D eigenvalue weighted by Crippen LogP contribution is -2.33. The molecule has 9 nitrogen and oxygen atoms in total. The van der Waals surface area contributed by atoms with Gasteiger partial charge >= 0.3 is 6.09 Å². The van der Waals surface area contributed by atoms with Gasteiger partial charge in [0, 0.05) is 19.2 Å². The van der Waals surface area contributed by atoms with Crippen LogP contribution in [0.1, 0.15) is 45.0 Å². The summed E-state index contributed by atoms with van der Waals surface area (Å²) in [6.07, 6.45) is 1.28. The maximum atomic E-state index is 11.7. The molecule has 0 unspecified atom stereocenters. The molecule has 0 spiro atoms. The van der Waals surface area contributed by atoms with Crippen LogP contribution in [0.3, 0.4) is 0 Å². The lowest BCUT2D eigenvalue weighted by Gasteiger charge is -2.19. The summed E-state index contributed by atoms with van der Waals surface area (Å²) in [5.41, 5.74) is 2.96. The monoisotopic (exact) mass is 414 g/mol. The highest BCUT2D eigenvalue weighted by atomic mass is 16.6. The average Bonchev–Trinajstić information content (AvgIpc) is 3.04. The number of fused-ring (bicyclic) bond motifs is 3. The van der Waals surface area contributed by atoms with Crippen molar-refractivity contribution in [3.8, 4) is 5.75 Å². The number of benzene rings is 1. The Bertz CT molecular complexity index is 1050. The van der Waals surface area contributed by atoms with E-state index in [0.717, 1.165) is 41.0 Å². The second kappa shape index (κ2) is 8.73. The quantitative estimate of drug-likeness (QED) is 0.569. The zero-order valence-electron chi connectivity index (χ0n) is 18.5. The number of anilines is 1. The van der Waals surface area contributed by atoms with Gasteiger partial charge in [0.05, 0.1) is 18.1 Å². The number of unbranched alkanes of at least 4 members (excludes halogenated alkanes) is 1. The third-order valence-corrected chi connectivity index (χ3v) is 4.57. The standard InChI is InChI=1S/C21H30N6O3/c1-13-11-15-16(12-17(13)29-6)27-14(2)25-26-19(27)18(24-15)22-9-7-8-10-23-20(28)30-21(3,4)5/h11-12H,7-10H2,1-6H3,(H,22,24)(H,23,28). The number of carbonyl (C=O) groups excluding carboxylic acids is 1. The van der Waals surface area contributed by atoms with Crippen LogP contribution in [0.25, 0.3) is 16.7 Å². The highest BCUT2D eigenvalue weighted by Gasteiger charge is 2.16. The van der Waals surface area contributed by atoms with Gasteiger partial charge in [0.2, 0.25) is 5.65 Å². The normalized spacial score (nSPS) is 11.7. The molecule has 0 saturated heterocycles. The molecule has 9 heteroatoms. The maximum absolute atomic E-state index is 11.7. The molecule has 162 valence electrons. The van der Waals surface area contributed by atoms with Crippen LogP contribution in [0, 0.1) is 13.8 Å². The van der Waals surface area contributed by atoms with Crippen molar-refractivity contribution in [2.24, 2.45) is 0 Å². The molecule has 3 rings (SSSR count).